The Hall–Kier alpha value is -1.16. The van der Waals surface area contributed by atoms with Crippen molar-refractivity contribution in [1.82, 2.24) is 0 Å². The van der Waals surface area contributed by atoms with Gasteiger partial charge in [0.05, 0.1) is 0 Å². The first-order valence-corrected chi connectivity index (χ1v) is 8.14. The summed E-state index contributed by atoms with van der Waals surface area (Å²) >= 11 is 2.26. The average Bonchev–Trinajstić information content (AvgIpc) is 2.40. The highest BCUT2D eigenvalue weighted by Gasteiger charge is 2.20. The predicted octanol–water partition coefficient (Wildman–Crippen LogP) is 5.10. The van der Waals surface area contributed by atoms with Crippen LogP contribution >= 0.6 is 22.6 Å². The SMILES string of the molecule is Cc1cccc(C(=O)c2ccc(C3CCC3)cc2)c1I. The number of ketones is 1. The topological polar surface area (TPSA) is 17.1 Å². The summed E-state index contributed by atoms with van der Waals surface area (Å²) in [6.45, 7) is 2.04. The van der Waals surface area contributed by atoms with Crippen molar-refractivity contribution in [2.45, 2.75) is 32.1 Å². The Balaban J connectivity index is 1.88. The molecule has 0 radical (unpaired) electrons. The molecule has 2 heteroatoms. The van der Waals surface area contributed by atoms with E-state index in [9.17, 15) is 4.79 Å². The van der Waals surface area contributed by atoms with Gasteiger partial charge in [-0.2, -0.15) is 0 Å². The zero-order valence-electron chi connectivity index (χ0n) is 11.5. The van der Waals surface area contributed by atoms with Crippen LogP contribution in [0.15, 0.2) is 42.5 Å². The van der Waals surface area contributed by atoms with Crippen molar-refractivity contribution in [1.29, 1.82) is 0 Å². The second kappa shape index (κ2) is 5.68. The summed E-state index contributed by atoms with van der Waals surface area (Å²) in [5, 5.41) is 0. The normalized spacial score (nSPS) is 14.9. The molecule has 1 saturated carbocycles. The number of benzene rings is 2. The van der Waals surface area contributed by atoms with E-state index in [1.54, 1.807) is 0 Å². The number of carbonyl (C=O) groups is 1. The van der Waals surface area contributed by atoms with Gasteiger partial charge in [0.25, 0.3) is 0 Å². The highest BCUT2D eigenvalue weighted by atomic mass is 127. The van der Waals surface area contributed by atoms with E-state index in [0.717, 1.165) is 26.2 Å². The molecule has 3 rings (SSSR count). The molecule has 0 spiro atoms. The van der Waals surface area contributed by atoms with E-state index < -0.39 is 0 Å². The Morgan fingerprint density at radius 3 is 2.40 bits per heavy atom. The van der Waals surface area contributed by atoms with Crippen molar-refractivity contribution >= 4 is 28.4 Å². The van der Waals surface area contributed by atoms with Gasteiger partial charge in [-0.25, -0.2) is 0 Å². The molecular weight excluding hydrogens is 359 g/mol. The van der Waals surface area contributed by atoms with Crippen LogP contribution in [0.1, 0.15) is 52.2 Å². The molecule has 1 aliphatic rings. The standard InChI is InChI=1S/C18H17IO/c1-12-4-2-7-16(17(12)19)18(20)15-10-8-14(9-11-15)13-5-3-6-13/h2,4,7-11,13H,3,5-6H2,1H3. The molecule has 102 valence electrons. The second-order valence-corrected chi connectivity index (χ2v) is 6.59. The van der Waals surface area contributed by atoms with Gasteiger partial charge in [-0.15, -0.1) is 0 Å². The number of hydrogen-bond acceptors (Lipinski definition) is 1. The minimum Gasteiger partial charge on any atom is -0.289 e. The lowest BCUT2D eigenvalue weighted by Gasteiger charge is -2.25. The molecule has 0 aromatic heterocycles. The van der Waals surface area contributed by atoms with Gasteiger partial charge < -0.3 is 0 Å². The lowest BCUT2D eigenvalue weighted by Crippen LogP contribution is -2.09. The van der Waals surface area contributed by atoms with Crippen LogP contribution in [0.2, 0.25) is 0 Å². The van der Waals surface area contributed by atoms with Gasteiger partial charge in [0, 0.05) is 14.7 Å². The molecule has 2 aromatic carbocycles. The summed E-state index contributed by atoms with van der Waals surface area (Å²) < 4.78 is 1.05. The van der Waals surface area contributed by atoms with Crippen LogP contribution in [0.5, 0.6) is 0 Å². The summed E-state index contributed by atoms with van der Waals surface area (Å²) in [5.74, 6) is 0.844. The number of hydrogen-bond donors (Lipinski definition) is 0. The van der Waals surface area contributed by atoms with Crippen molar-refractivity contribution in [2.24, 2.45) is 0 Å². The molecule has 2 aromatic rings. The van der Waals surface area contributed by atoms with Gasteiger partial charge in [0.15, 0.2) is 5.78 Å². The van der Waals surface area contributed by atoms with E-state index in [-0.39, 0.29) is 5.78 Å². The van der Waals surface area contributed by atoms with Crippen molar-refractivity contribution < 1.29 is 4.79 Å². The van der Waals surface area contributed by atoms with E-state index in [4.69, 9.17) is 0 Å². The van der Waals surface area contributed by atoms with Crippen molar-refractivity contribution in [3.05, 3.63) is 68.3 Å². The molecule has 0 aliphatic heterocycles. The monoisotopic (exact) mass is 376 g/mol. The molecule has 0 N–H and O–H groups in total. The molecule has 0 heterocycles. The van der Waals surface area contributed by atoms with Gasteiger partial charge in [0.1, 0.15) is 0 Å². The molecule has 0 saturated heterocycles. The molecule has 0 amide bonds. The van der Waals surface area contributed by atoms with Crippen LogP contribution < -0.4 is 0 Å². The first-order valence-electron chi connectivity index (χ1n) is 7.06. The molecule has 0 bridgehead atoms. The third kappa shape index (κ3) is 2.53. The fourth-order valence-electron chi connectivity index (χ4n) is 2.63. The van der Waals surface area contributed by atoms with Crippen LogP contribution in [-0.2, 0) is 0 Å². The van der Waals surface area contributed by atoms with Gasteiger partial charge in [-0.05, 0) is 65.5 Å². The molecular formula is C18H17IO. The number of aryl methyl sites for hydroxylation is 1. The van der Waals surface area contributed by atoms with Crippen LogP contribution in [0.25, 0.3) is 0 Å². The van der Waals surface area contributed by atoms with Crippen LogP contribution in [0, 0.1) is 10.5 Å². The lowest BCUT2D eigenvalue weighted by molar-refractivity contribution is 0.103. The van der Waals surface area contributed by atoms with Crippen LogP contribution in [-0.4, -0.2) is 5.78 Å². The fraction of sp³-hybridized carbons (Fsp3) is 0.278. The largest absolute Gasteiger partial charge is 0.289 e. The molecule has 1 fully saturated rings. The zero-order chi connectivity index (χ0) is 14.1. The fourth-order valence-corrected chi connectivity index (χ4v) is 3.23. The summed E-state index contributed by atoms with van der Waals surface area (Å²) in [6, 6.07) is 14.1. The zero-order valence-corrected chi connectivity index (χ0v) is 13.7. The maximum absolute atomic E-state index is 12.6. The average molecular weight is 376 g/mol. The third-order valence-corrected chi connectivity index (χ3v) is 5.62. The van der Waals surface area contributed by atoms with Crippen LogP contribution in [0.3, 0.4) is 0 Å². The maximum Gasteiger partial charge on any atom is 0.194 e. The van der Waals surface area contributed by atoms with Crippen LogP contribution in [0.4, 0.5) is 0 Å². The number of halogens is 1. The van der Waals surface area contributed by atoms with Crippen molar-refractivity contribution in [2.75, 3.05) is 0 Å². The third-order valence-electron chi connectivity index (χ3n) is 4.19. The van der Waals surface area contributed by atoms with Gasteiger partial charge >= 0.3 is 0 Å². The Bertz CT molecular complexity index is 639. The molecule has 0 unspecified atom stereocenters. The van der Waals surface area contributed by atoms with Crippen molar-refractivity contribution in [3.63, 3.8) is 0 Å². The Kier molecular flexibility index (Phi) is 3.92. The highest BCUT2D eigenvalue weighted by molar-refractivity contribution is 14.1. The molecule has 1 nitrogen and oxygen atoms in total. The first kappa shape index (κ1) is 13.8. The Morgan fingerprint density at radius 2 is 1.80 bits per heavy atom. The predicted molar refractivity (Wildman–Crippen MR) is 90.4 cm³/mol. The summed E-state index contributed by atoms with van der Waals surface area (Å²) in [6.07, 6.45) is 3.93. The minimum atomic E-state index is 0.123. The molecule has 20 heavy (non-hydrogen) atoms. The highest BCUT2D eigenvalue weighted by Crippen LogP contribution is 2.36. The molecule has 1 aliphatic carbocycles. The Labute approximate surface area is 133 Å². The minimum absolute atomic E-state index is 0.123. The van der Waals surface area contributed by atoms with Gasteiger partial charge in [-0.1, -0.05) is 42.8 Å². The Morgan fingerprint density at radius 1 is 1.10 bits per heavy atom. The van der Waals surface area contributed by atoms with Crippen molar-refractivity contribution in [3.8, 4) is 0 Å². The first-order chi connectivity index (χ1) is 9.66. The number of carbonyl (C=O) groups excluding carboxylic acids is 1. The van der Waals surface area contributed by atoms with Gasteiger partial charge in [-0.3, -0.25) is 4.79 Å². The second-order valence-electron chi connectivity index (χ2n) is 5.52. The maximum atomic E-state index is 12.6. The smallest absolute Gasteiger partial charge is 0.194 e. The summed E-state index contributed by atoms with van der Waals surface area (Å²) in [7, 11) is 0. The van der Waals surface area contributed by atoms with Gasteiger partial charge in [0.2, 0.25) is 0 Å². The summed E-state index contributed by atoms with van der Waals surface area (Å²) in [4.78, 5) is 12.6. The quantitative estimate of drug-likeness (QED) is 0.538. The number of rotatable bonds is 3. The van der Waals surface area contributed by atoms with E-state index in [2.05, 4.69) is 34.7 Å². The summed E-state index contributed by atoms with van der Waals surface area (Å²) in [5.41, 5.74) is 4.13. The van der Waals surface area contributed by atoms with E-state index in [1.165, 1.54) is 24.8 Å². The molecule has 0 atom stereocenters. The van der Waals surface area contributed by atoms with E-state index in [1.807, 2.05) is 37.3 Å². The lowest BCUT2D eigenvalue weighted by atomic mass is 9.80. The van der Waals surface area contributed by atoms with E-state index >= 15 is 0 Å². The van der Waals surface area contributed by atoms with E-state index in [0.29, 0.717) is 0 Å².